The first-order valence-electron chi connectivity index (χ1n) is 3.58. The second kappa shape index (κ2) is 5.82. The van der Waals surface area contributed by atoms with E-state index in [0.717, 1.165) is 19.4 Å². The second-order valence-corrected chi connectivity index (χ2v) is 3.06. The van der Waals surface area contributed by atoms with E-state index in [0.29, 0.717) is 0 Å². The number of nitrogens with one attached hydrogen (secondary N) is 1. The van der Waals surface area contributed by atoms with Gasteiger partial charge in [-0.1, -0.05) is 6.04 Å². The molecule has 9 heavy (non-hydrogen) atoms. The van der Waals surface area contributed by atoms with Crippen LogP contribution in [0.4, 0.5) is 0 Å². The molecule has 0 saturated heterocycles. The molecular weight excluding hydrogens is 130 g/mol. The van der Waals surface area contributed by atoms with E-state index in [-0.39, 0.29) is 5.91 Å². The standard InChI is InChI=1S/C6H15NOSi/c1-2-7-6(8)4-3-5-9/h2-5H2,1,9H3,(H,7,8). The van der Waals surface area contributed by atoms with Gasteiger partial charge < -0.3 is 5.32 Å². The second-order valence-electron chi connectivity index (χ2n) is 2.06. The summed E-state index contributed by atoms with van der Waals surface area (Å²) in [4.78, 5) is 10.7. The summed E-state index contributed by atoms with van der Waals surface area (Å²) in [7, 11) is 1.22. The minimum atomic E-state index is 0.202. The summed E-state index contributed by atoms with van der Waals surface area (Å²) in [6, 6.07) is 1.23. The van der Waals surface area contributed by atoms with Gasteiger partial charge in [-0.15, -0.1) is 0 Å². The highest BCUT2D eigenvalue weighted by atomic mass is 28.1. The van der Waals surface area contributed by atoms with Gasteiger partial charge in [0.05, 0.1) is 0 Å². The fraction of sp³-hybridized carbons (Fsp3) is 0.833. The molecule has 0 saturated carbocycles. The molecule has 0 aromatic heterocycles. The summed E-state index contributed by atoms with van der Waals surface area (Å²) in [5, 5.41) is 2.76. The van der Waals surface area contributed by atoms with Crippen LogP contribution in [0.5, 0.6) is 0 Å². The molecule has 0 heterocycles. The highest BCUT2D eigenvalue weighted by Gasteiger charge is 1.94. The lowest BCUT2D eigenvalue weighted by Gasteiger charge is -1.98. The third kappa shape index (κ3) is 5.56. The van der Waals surface area contributed by atoms with Gasteiger partial charge in [0, 0.05) is 23.2 Å². The average molecular weight is 145 g/mol. The number of amides is 1. The van der Waals surface area contributed by atoms with Crippen LogP contribution in [0.15, 0.2) is 0 Å². The van der Waals surface area contributed by atoms with Crippen LogP contribution in [0.25, 0.3) is 0 Å². The molecule has 0 spiro atoms. The van der Waals surface area contributed by atoms with Crippen molar-refractivity contribution in [1.82, 2.24) is 5.32 Å². The maximum Gasteiger partial charge on any atom is 0.219 e. The van der Waals surface area contributed by atoms with Crippen molar-refractivity contribution < 1.29 is 4.79 Å². The maximum absolute atomic E-state index is 10.7. The molecule has 0 aromatic carbocycles. The topological polar surface area (TPSA) is 29.1 Å². The van der Waals surface area contributed by atoms with Crippen molar-refractivity contribution in [2.24, 2.45) is 0 Å². The van der Waals surface area contributed by atoms with Crippen LogP contribution in [0.2, 0.25) is 6.04 Å². The fourth-order valence-corrected chi connectivity index (χ4v) is 0.976. The van der Waals surface area contributed by atoms with E-state index in [9.17, 15) is 4.79 Å². The zero-order chi connectivity index (χ0) is 7.11. The minimum Gasteiger partial charge on any atom is -0.356 e. The zero-order valence-electron chi connectivity index (χ0n) is 6.24. The molecular formula is C6H15NOSi. The van der Waals surface area contributed by atoms with Crippen molar-refractivity contribution in [3.63, 3.8) is 0 Å². The third-order valence-electron chi connectivity index (χ3n) is 1.13. The SMILES string of the molecule is CCNC(=O)CCC[SiH3]. The van der Waals surface area contributed by atoms with Crippen LogP contribution < -0.4 is 5.32 Å². The lowest BCUT2D eigenvalue weighted by Crippen LogP contribution is -2.21. The van der Waals surface area contributed by atoms with E-state index < -0.39 is 0 Å². The number of hydrogen-bond acceptors (Lipinski definition) is 1. The van der Waals surface area contributed by atoms with Crippen molar-refractivity contribution in [2.75, 3.05) is 6.54 Å². The molecule has 0 aliphatic carbocycles. The number of hydrogen-bond donors (Lipinski definition) is 1. The Bertz CT molecular complexity index is 85.1. The van der Waals surface area contributed by atoms with E-state index in [1.54, 1.807) is 0 Å². The van der Waals surface area contributed by atoms with Crippen molar-refractivity contribution in [2.45, 2.75) is 25.8 Å². The number of rotatable bonds is 4. The van der Waals surface area contributed by atoms with E-state index in [2.05, 4.69) is 5.32 Å². The summed E-state index contributed by atoms with van der Waals surface area (Å²) in [5.41, 5.74) is 0. The van der Waals surface area contributed by atoms with E-state index in [1.807, 2.05) is 6.92 Å². The van der Waals surface area contributed by atoms with Crippen molar-refractivity contribution in [1.29, 1.82) is 0 Å². The monoisotopic (exact) mass is 145 g/mol. The van der Waals surface area contributed by atoms with Gasteiger partial charge in [-0.3, -0.25) is 4.79 Å². The Morgan fingerprint density at radius 1 is 1.67 bits per heavy atom. The molecule has 0 fully saturated rings. The Morgan fingerprint density at radius 3 is 2.78 bits per heavy atom. The summed E-state index contributed by atoms with van der Waals surface area (Å²) < 4.78 is 0. The van der Waals surface area contributed by atoms with Gasteiger partial charge in [-0.25, -0.2) is 0 Å². The van der Waals surface area contributed by atoms with Gasteiger partial charge in [0.2, 0.25) is 5.91 Å². The maximum atomic E-state index is 10.7. The lowest BCUT2D eigenvalue weighted by molar-refractivity contribution is -0.121. The third-order valence-corrected chi connectivity index (χ3v) is 1.84. The Hall–Kier alpha value is -0.313. The molecule has 0 radical (unpaired) electrons. The molecule has 0 unspecified atom stereocenters. The van der Waals surface area contributed by atoms with Gasteiger partial charge >= 0.3 is 0 Å². The van der Waals surface area contributed by atoms with Gasteiger partial charge in [0.15, 0.2) is 0 Å². The summed E-state index contributed by atoms with van der Waals surface area (Å²) in [6.07, 6.45) is 1.79. The van der Waals surface area contributed by atoms with Gasteiger partial charge in [0.25, 0.3) is 0 Å². The van der Waals surface area contributed by atoms with E-state index >= 15 is 0 Å². The molecule has 0 bridgehead atoms. The predicted molar refractivity (Wildman–Crippen MR) is 42.7 cm³/mol. The molecule has 0 aromatic rings. The summed E-state index contributed by atoms with van der Waals surface area (Å²) >= 11 is 0. The Balaban J connectivity index is 3.06. The molecule has 0 aliphatic rings. The van der Waals surface area contributed by atoms with Crippen LogP contribution in [0, 0.1) is 0 Å². The average Bonchev–Trinajstić information content (AvgIpc) is 1.85. The van der Waals surface area contributed by atoms with Crippen molar-refractivity contribution in [3.05, 3.63) is 0 Å². The van der Waals surface area contributed by atoms with Crippen LogP contribution in [-0.4, -0.2) is 22.7 Å². The zero-order valence-corrected chi connectivity index (χ0v) is 8.24. The number of carbonyl (C=O) groups is 1. The molecule has 3 heteroatoms. The van der Waals surface area contributed by atoms with Crippen molar-refractivity contribution in [3.8, 4) is 0 Å². The first-order valence-corrected chi connectivity index (χ1v) is 4.99. The quantitative estimate of drug-likeness (QED) is 0.540. The molecule has 1 N–H and O–H groups in total. The van der Waals surface area contributed by atoms with Crippen LogP contribution in [0.1, 0.15) is 19.8 Å². The van der Waals surface area contributed by atoms with Crippen LogP contribution >= 0.6 is 0 Å². The highest BCUT2D eigenvalue weighted by molar-refractivity contribution is 6.08. The first kappa shape index (κ1) is 8.69. The first-order chi connectivity index (χ1) is 4.31. The van der Waals surface area contributed by atoms with E-state index in [4.69, 9.17) is 0 Å². The Labute approximate surface area is 59.4 Å². The van der Waals surface area contributed by atoms with Crippen molar-refractivity contribution >= 4 is 16.1 Å². The lowest BCUT2D eigenvalue weighted by atomic mass is 10.3. The molecule has 0 aliphatic heterocycles. The minimum absolute atomic E-state index is 0.202. The molecule has 2 nitrogen and oxygen atoms in total. The number of carbonyl (C=O) groups excluding carboxylic acids is 1. The van der Waals surface area contributed by atoms with Gasteiger partial charge in [-0.2, -0.15) is 0 Å². The van der Waals surface area contributed by atoms with E-state index in [1.165, 1.54) is 16.3 Å². The Kier molecular flexibility index (Phi) is 5.61. The molecule has 1 amide bonds. The van der Waals surface area contributed by atoms with Gasteiger partial charge in [0.1, 0.15) is 0 Å². The summed E-state index contributed by atoms with van der Waals surface area (Å²) in [6.45, 7) is 2.71. The predicted octanol–water partition coefficient (Wildman–Crippen LogP) is -0.314. The highest BCUT2D eigenvalue weighted by Crippen LogP contribution is 1.90. The molecule has 0 atom stereocenters. The fourth-order valence-electron chi connectivity index (χ4n) is 0.623. The summed E-state index contributed by atoms with van der Waals surface area (Å²) in [5.74, 6) is 0.202. The largest absolute Gasteiger partial charge is 0.356 e. The smallest absolute Gasteiger partial charge is 0.219 e. The van der Waals surface area contributed by atoms with Gasteiger partial charge in [-0.05, 0) is 13.3 Å². The van der Waals surface area contributed by atoms with Crippen LogP contribution in [0.3, 0.4) is 0 Å². The normalized spacial score (nSPS) is 9.44. The molecule has 0 rings (SSSR count). The molecule has 54 valence electrons. The Morgan fingerprint density at radius 2 is 2.33 bits per heavy atom. The van der Waals surface area contributed by atoms with Crippen LogP contribution in [-0.2, 0) is 4.79 Å².